The van der Waals surface area contributed by atoms with Crippen LogP contribution in [0.4, 0.5) is 0 Å². The molecular weight excluding hydrogens is 408 g/mol. The molecule has 0 unspecified atom stereocenters. The molecule has 0 bridgehead atoms. The maximum absolute atomic E-state index is 12.0. The zero-order chi connectivity index (χ0) is 17.1. The summed E-state index contributed by atoms with van der Waals surface area (Å²) in [5, 5.41) is 2.61. The molecule has 1 aliphatic rings. The number of hydrogen-bond donors (Lipinski definition) is 2. The Kier molecular flexibility index (Phi) is 5.82. The van der Waals surface area contributed by atoms with E-state index in [0.717, 1.165) is 4.47 Å². The summed E-state index contributed by atoms with van der Waals surface area (Å²) in [6.07, 6.45) is 0.352. The van der Waals surface area contributed by atoms with Crippen LogP contribution in [0.5, 0.6) is 0 Å². The summed E-state index contributed by atoms with van der Waals surface area (Å²) in [7, 11) is -6.72. The lowest BCUT2D eigenvalue weighted by Crippen LogP contribution is -2.37. The van der Waals surface area contributed by atoms with E-state index < -0.39 is 19.9 Å². The van der Waals surface area contributed by atoms with Crippen molar-refractivity contribution >= 4 is 41.7 Å². The number of benzene rings is 1. The topological polar surface area (TPSA) is 109 Å². The van der Waals surface area contributed by atoms with Gasteiger partial charge in [0.1, 0.15) is 0 Å². The van der Waals surface area contributed by atoms with Gasteiger partial charge in [0.05, 0.1) is 16.4 Å². The Morgan fingerprint density at radius 1 is 1.26 bits per heavy atom. The molecule has 0 spiro atoms. The highest BCUT2D eigenvalue weighted by Gasteiger charge is 2.28. The third-order valence-electron chi connectivity index (χ3n) is 3.37. The van der Waals surface area contributed by atoms with Gasteiger partial charge in [-0.15, -0.1) is 0 Å². The SMILES string of the molecule is O=C(CCNS(=O)(=O)c1ccc(Br)cc1)N[C@@H]1CCS(=O)(=O)C1. The van der Waals surface area contributed by atoms with E-state index in [9.17, 15) is 21.6 Å². The summed E-state index contributed by atoms with van der Waals surface area (Å²) in [5.74, 6) is -0.345. The van der Waals surface area contributed by atoms with Crippen molar-refractivity contribution in [2.45, 2.75) is 23.8 Å². The number of rotatable bonds is 6. The van der Waals surface area contributed by atoms with E-state index in [-0.39, 0.29) is 41.3 Å². The lowest BCUT2D eigenvalue weighted by molar-refractivity contribution is -0.121. The number of halogens is 1. The van der Waals surface area contributed by atoms with Crippen LogP contribution in [0, 0.1) is 0 Å². The fourth-order valence-electron chi connectivity index (χ4n) is 2.20. The van der Waals surface area contributed by atoms with Crippen molar-refractivity contribution in [3.63, 3.8) is 0 Å². The Morgan fingerprint density at radius 2 is 1.91 bits per heavy atom. The number of amides is 1. The zero-order valence-electron chi connectivity index (χ0n) is 12.2. The molecule has 0 aromatic heterocycles. The molecule has 23 heavy (non-hydrogen) atoms. The van der Waals surface area contributed by atoms with E-state index in [1.807, 2.05) is 0 Å². The van der Waals surface area contributed by atoms with Crippen molar-refractivity contribution < 1.29 is 21.6 Å². The lowest BCUT2D eigenvalue weighted by atomic mass is 10.2. The van der Waals surface area contributed by atoms with Crippen molar-refractivity contribution in [2.24, 2.45) is 0 Å². The van der Waals surface area contributed by atoms with Gasteiger partial charge in [-0.05, 0) is 30.7 Å². The summed E-state index contributed by atoms with van der Waals surface area (Å²) in [6.45, 7) is -0.0519. The summed E-state index contributed by atoms with van der Waals surface area (Å²) < 4.78 is 49.8. The minimum Gasteiger partial charge on any atom is -0.352 e. The van der Waals surface area contributed by atoms with E-state index in [2.05, 4.69) is 26.0 Å². The molecule has 1 fully saturated rings. The van der Waals surface area contributed by atoms with E-state index in [1.54, 1.807) is 12.1 Å². The predicted molar refractivity (Wildman–Crippen MR) is 89.1 cm³/mol. The Morgan fingerprint density at radius 3 is 2.48 bits per heavy atom. The monoisotopic (exact) mass is 424 g/mol. The highest BCUT2D eigenvalue weighted by atomic mass is 79.9. The highest BCUT2D eigenvalue weighted by Crippen LogP contribution is 2.14. The van der Waals surface area contributed by atoms with Crippen LogP contribution in [0.2, 0.25) is 0 Å². The average Bonchev–Trinajstić information content (AvgIpc) is 2.78. The summed E-state index contributed by atoms with van der Waals surface area (Å²) >= 11 is 3.22. The molecular formula is C13H17BrN2O5S2. The van der Waals surface area contributed by atoms with Crippen LogP contribution in [-0.4, -0.2) is 46.8 Å². The molecule has 128 valence electrons. The first-order valence-electron chi connectivity index (χ1n) is 6.93. The number of carbonyl (C=O) groups excluding carboxylic acids is 1. The fourth-order valence-corrected chi connectivity index (χ4v) is 5.17. The number of sulfone groups is 1. The smallest absolute Gasteiger partial charge is 0.240 e. The van der Waals surface area contributed by atoms with Crippen molar-refractivity contribution in [1.82, 2.24) is 10.0 Å². The first kappa shape index (κ1) is 18.4. The van der Waals surface area contributed by atoms with Crippen LogP contribution in [-0.2, 0) is 24.7 Å². The van der Waals surface area contributed by atoms with E-state index in [1.165, 1.54) is 12.1 Å². The Labute approximate surface area is 143 Å². The number of sulfonamides is 1. The molecule has 0 radical (unpaired) electrons. The van der Waals surface area contributed by atoms with Gasteiger partial charge in [0, 0.05) is 23.5 Å². The Bertz CT molecular complexity index is 775. The van der Waals surface area contributed by atoms with Crippen LogP contribution in [0.15, 0.2) is 33.6 Å². The van der Waals surface area contributed by atoms with Gasteiger partial charge in [-0.1, -0.05) is 15.9 Å². The molecule has 1 heterocycles. The molecule has 1 atom stereocenters. The van der Waals surface area contributed by atoms with Crippen molar-refractivity contribution in [2.75, 3.05) is 18.1 Å². The Balaban J connectivity index is 1.80. The first-order valence-corrected chi connectivity index (χ1v) is 11.0. The first-order chi connectivity index (χ1) is 10.7. The molecule has 1 aromatic rings. The molecule has 1 aromatic carbocycles. The summed E-state index contributed by atoms with van der Waals surface area (Å²) in [4.78, 5) is 11.8. The molecule has 2 rings (SSSR count). The van der Waals surface area contributed by atoms with Crippen LogP contribution in [0.3, 0.4) is 0 Å². The van der Waals surface area contributed by atoms with Crippen LogP contribution < -0.4 is 10.0 Å². The van der Waals surface area contributed by atoms with E-state index >= 15 is 0 Å². The summed E-state index contributed by atoms with van der Waals surface area (Å²) in [6, 6.07) is 5.76. The fraction of sp³-hybridized carbons (Fsp3) is 0.462. The maximum atomic E-state index is 12.0. The average molecular weight is 425 g/mol. The van der Waals surface area contributed by atoms with Crippen LogP contribution in [0.1, 0.15) is 12.8 Å². The Hall–Kier alpha value is -0.970. The van der Waals surface area contributed by atoms with Gasteiger partial charge in [0.25, 0.3) is 0 Å². The molecule has 1 amide bonds. The molecule has 10 heteroatoms. The highest BCUT2D eigenvalue weighted by molar-refractivity contribution is 9.10. The molecule has 0 aliphatic carbocycles. The van der Waals surface area contributed by atoms with E-state index in [0.29, 0.717) is 6.42 Å². The quantitative estimate of drug-likeness (QED) is 0.687. The number of hydrogen-bond acceptors (Lipinski definition) is 5. The van der Waals surface area contributed by atoms with Crippen LogP contribution >= 0.6 is 15.9 Å². The zero-order valence-corrected chi connectivity index (χ0v) is 15.4. The lowest BCUT2D eigenvalue weighted by Gasteiger charge is -2.11. The number of carbonyl (C=O) groups is 1. The van der Waals surface area contributed by atoms with Gasteiger partial charge in [-0.25, -0.2) is 21.6 Å². The second-order valence-electron chi connectivity index (χ2n) is 5.27. The van der Waals surface area contributed by atoms with E-state index in [4.69, 9.17) is 0 Å². The summed E-state index contributed by atoms with van der Waals surface area (Å²) in [5.41, 5.74) is 0. The number of nitrogens with one attached hydrogen (secondary N) is 2. The maximum Gasteiger partial charge on any atom is 0.240 e. The molecule has 1 aliphatic heterocycles. The molecule has 7 nitrogen and oxygen atoms in total. The third kappa shape index (κ3) is 5.55. The molecule has 0 saturated carbocycles. The van der Waals surface area contributed by atoms with Crippen molar-refractivity contribution in [3.05, 3.63) is 28.7 Å². The normalized spacial score (nSPS) is 20.3. The molecule has 2 N–H and O–H groups in total. The predicted octanol–water partition coefficient (Wildman–Crippen LogP) is 0.421. The van der Waals surface area contributed by atoms with Crippen molar-refractivity contribution in [1.29, 1.82) is 0 Å². The van der Waals surface area contributed by atoms with Gasteiger partial charge >= 0.3 is 0 Å². The minimum atomic E-state index is -3.67. The van der Waals surface area contributed by atoms with Crippen LogP contribution in [0.25, 0.3) is 0 Å². The minimum absolute atomic E-state index is 0.0493. The van der Waals surface area contributed by atoms with Gasteiger partial charge in [-0.2, -0.15) is 0 Å². The van der Waals surface area contributed by atoms with Gasteiger partial charge in [0.2, 0.25) is 15.9 Å². The largest absolute Gasteiger partial charge is 0.352 e. The second kappa shape index (κ2) is 7.29. The third-order valence-corrected chi connectivity index (χ3v) is 7.14. The standard InChI is InChI=1S/C13H17BrN2O5S2/c14-10-1-3-12(4-2-10)23(20,21)15-7-5-13(17)16-11-6-8-22(18,19)9-11/h1-4,11,15H,5-9H2,(H,16,17)/t11-/m1/s1. The second-order valence-corrected chi connectivity index (χ2v) is 10.2. The van der Waals surface area contributed by atoms with Gasteiger partial charge in [-0.3, -0.25) is 4.79 Å². The van der Waals surface area contributed by atoms with Gasteiger partial charge < -0.3 is 5.32 Å². The van der Waals surface area contributed by atoms with Gasteiger partial charge in [0.15, 0.2) is 9.84 Å². The molecule has 1 saturated heterocycles. The van der Waals surface area contributed by atoms with Crippen molar-refractivity contribution in [3.8, 4) is 0 Å².